The van der Waals surface area contributed by atoms with Gasteiger partial charge >= 0.3 is 6.09 Å². The van der Waals surface area contributed by atoms with Gasteiger partial charge in [-0.15, -0.1) is 0 Å². The van der Waals surface area contributed by atoms with Crippen LogP contribution in [0.25, 0.3) is 27.5 Å². The average Bonchev–Trinajstić information content (AvgIpc) is 3.40. The van der Waals surface area contributed by atoms with E-state index in [1.165, 1.54) is 5.57 Å². The Balaban J connectivity index is 1.37. The van der Waals surface area contributed by atoms with Gasteiger partial charge in [-0.2, -0.15) is 5.10 Å². The van der Waals surface area contributed by atoms with Gasteiger partial charge in [0.2, 0.25) is 0 Å². The molecule has 3 N–H and O–H groups in total. The van der Waals surface area contributed by atoms with Gasteiger partial charge in [0, 0.05) is 41.4 Å². The summed E-state index contributed by atoms with van der Waals surface area (Å²) in [6.45, 7) is 6.80. The van der Waals surface area contributed by atoms with Crippen molar-refractivity contribution in [2.24, 2.45) is 0 Å². The van der Waals surface area contributed by atoms with Crippen LogP contribution in [0.15, 0.2) is 48.8 Å². The molecule has 4 heterocycles. The molecule has 0 bridgehead atoms. The molecular weight excluding hydrogens is 404 g/mol. The number of aromatic amines is 2. The molecule has 0 spiro atoms. The van der Waals surface area contributed by atoms with Crippen LogP contribution in [-0.4, -0.2) is 49.8 Å². The summed E-state index contributed by atoms with van der Waals surface area (Å²) in [6.07, 6.45) is 6.17. The fourth-order valence-electron chi connectivity index (χ4n) is 3.89. The number of hydrogen-bond donors (Lipinski definition) is 3. The SMILES string of the molecule is CC(C)(C)OC(=O)N1CC=C(c2cc3c(Nc4ccc5[nH]ncc5c4)ccnc3[nH]2)CC1. The second kappa shape index (κ2) is 7.71. The molecule has 1 amide bonds. The topological polar surface area (TPSA) is 98.9 Å². The highest BCUT2D eigenvalue weighted by Gasteiger charge is 2.24. The van der Waals surface area contributed by atoms with E-state index in [4.69, 9.17) is 4.74 Å². The van der Waals surface area contributed by atoms with Crippen LogP contribution < -0.4 is 5.32 Å². The predicted molar refractivity (Wildman–Crippen MR) is 126 cm³/mol. The first kappa shape index (κ1) is 20.1. The van der Waals surface area contributed by atoms with Crippen LogP contribution in [0.1, 0.15) is 32.9 Å². The Morgan fingerprint density at radius 1 is 1.22 bits per heavy atom. The van der Waals surface area contributed by atoms with Crippen LogP contribution in [-0.2, 0) is 4.74 Å². The van der Waals surface area contributed by atoms with E-state index in [1.54, 1.807) is 11.1 Å². The quantitative estimate of drug-likeness (QED) is 0.415. The van der Waals surface area contributed by atoms with Gasteiger partial charge in [-0.3, -0.25) is 5.10 Å². The van der Waals surface area contributed by atoms with Crippen LogP contribution in [0.4, 0.5) is 16.2 Å². The highest BCUT2D eigenvalue weighted by molar-refractivity contribution is 5.95. The first-order chi connectivity index (χ1) is 15.4. The number of pyridine rings is 1. The Hall–Kier alpha value is -3.81. The molecule has 164 valence electrons. The van der Waals surface area contributed by atoms with E-state index < -0.39 is 5.60 Å². The van der Waals surface area contributed by atoms with Crippen molar-refractivity contribution >= 4 is 45.0 Å². The number of amides is 1. The third-order valence-corrected chi connectivity index (χ3v) is 5.46. The van der Waals surface area contributed by atoms with E-state index in [-0.39, 0.29) is 6.09 Å². The molecular formula is C24H26N6O2. The lowest BCUT2D eigenvalue weighted by molar-refractivity contribution is 0.0270. The molecule has 0 radical (unpaired) electrons. The summed E-state index contributed by atoms with van der Waals surface area (Å²) >= 11 is 0. The molecule has 3 aromatic heterocycles. The molecule has 1 aliphatic rings. The average molecular weight is 431 g/mol. The van der Waals surface area contributed by atoms with Gasteiger partial charge in [0.25, 0.3) is 0 Å². The summed E-state index contributed by atoms with van der Waals surface area (Å²) < 4.78 is 5.49. The van der Waals surface area contributed by atoms with Gasteiger partial charge in [0.15, 0.2) is 0 Å². The van der Waals surface area contributed by atoms with Crippen molar-refractivity contribution in [3.8, 4) is 0 Å². The number of nitrogens with zero attached hydrogens (tertiary/aromatic N) is 3. The number of rotatable bonds is 3. The van der Waals surface area contributed by atoms with Crippen molar-refractivity contribution in [2.45, 2.75) is 32.8 Å². The number of aromatic nitrogens is 4. The summed E-state index contributed by atoms with van der Waals surface area (Å²) in [7, 11) is 0. The third kappa shape index (κ3) is 4.03. The fourth-order valence-corrected chi connectivity index (χ4v) is 3.89. The molecule has 1 aromatic carbocycles. The minimum absolute atomic E-state index is 0.271. The highest BCUT2D eigenvalue weighted by Crippen LogP contribution is 2.31. The number of nitrogens with one attached hydrogen (secondary N) is 3. The first-order valence-corrected chi connectivity index (χ1v) is 10.7. The van der Waals surface area contributed by atoms with Crippen molar-refractivity contribution in [2.75, 3.05) is 18.4 Å². The van der Waals surface area contributed by atoms with Crippen molar-refractivity contribution in [1.82, 2.24) is 25.1 Å². The lowest BCUT2D eigenvalue weighted by Gasteiger charge is -2.29. The standard InChI is InChI=1S/C24H26N6O2/c1-24(2,3)32-23(31)30-10-7-15(8-11-30)21-13-18-20(6-9-25-22(18)28-21)27-17-4-5-19-16(12-17)14-26-29-19/h4-7,9,12-14H,8,10-11H2,1-3H3,(H,26,29)(H2,25,27,28). The van der Waals surface area contributed by atoms with Crippen LogP contribution in [0.5, 0.6) is 0 Å². The molecule has 4 aromatic rings. The Bertz CT molecular complexity index is 1330. The molecule has 0 unspecified atom stereocenters. The molecule has 0 fully saturated rings. The molecule has 8 nitrogen and oxygen atoms in total. The monoisotopic (exact) mass is 430 g/mol. The summed E-state index contributed by atoms with van der Waals surface area (Å²) in [5.41, 5.74) is 5.50. The van der Waals surface area contributed by atoms with Gasteiger partial charge in [-0.05, 0) is 63.1 Å². The highest BCUT2D eigenvalue weighted by atomic mass is 16.6. The number of benzene rings is 1. The Morgan fingerprint density at radius 2 is 2.09 bits per heavy atom. The number of fused-ring (bicyclic) bond motifs is 2. The molecule has 1 aliphatic heterocycles. The summed E-state index contributed by atoms with van der Waals surface area (Å²) in [6, 6.07) is 10.2. The minimum atomic E-state index is -0.491. The van der Waals surface area contributed by atoms with Gasteiger partial charge in [-0.1, -0.05) is 6.08 Å². The van der Waals surface area contributed by atoms with E-state index in [9.17, 15) is 4.79 Å². The van der Waals surface area contributed by atoms with Gasteiger partial charge in [0.1, 0.15) is 11.2 Å². The minimum Gasteiger partial charge on any atom is -0.444 e. The zero-order valence-corrected chi connectivity index (χ0v) is 18.4. The Morgan fingerprint density at radius 3 is 2.88 bits per heavy atom. The molecule has 8 heteroatoms. The van der Waals surface area contributed by atoms with E-state index in [2.05, 4.69) is 43.7 Å². The van der Waals surface area contributed by atoms with Gasteiger partial charge < -0.3 is 19.9 Å². The van der Waals surface area contributed by atoms with Gasteiger partial charge in [-0.25, -0.2) is 9.78 Å². The fraction of sp³-hybridized carbons (Fsp3) is 0.292. The number of hydrogen-bond acceptors (Lipinski definition) is 5. The number of carbonyl (C=O) groups excluding carboxylic acids is 1. The summed E-state index contributed by atoms with van der Waals surface area (Å²) in [5, 5.41) is 12.6. The molecule has 0 saturated heterocycles. The third-order valence-electron chi connectivity index (χ3n) is 5.46. The normalized spacial score (nSPS) is 14.6. The zero-order valence-electron chi connectivity index (χ0n) is 18.4. The number of ether oxygens (including phenoxy) is 1. The maximum absolute atomic E-state index is 12.3. The number of anilines is 2. The molecule has 0 atom stereocenters. The summed E-state index contributed by atoms with van der Waals surface area (Å²) in [5.74, 6) is 0. The number of H-pyrrole nitrogens is 2. The summed E-state index contributed by atoms with van der Waals surface area (Å²) in [4.78, 5) is 22.0. The lowest BCUT2D eigenvalue weighted by atomic mass is 10.0. The second-order valence-electron chi connectivity index (χ2n) is 9.01. The largest absolute Gasteiger partial charge is 0.444 e. The van der Waals surface area contributed by atoms with Crippen LogP contribution in [0.3, 0.4) is 0 Å². The van der Waals surface area contributed by atoms with Crippen LogP contribution in [0.2, 0.25) is 0 Å². The zero-order chi connectivity index (χ0) is 22.3. The van der Waals surface area contributed by atoms with Crippen molar-refractivity contribution < 1.29 is 9.53 Å². The maximum atomic E-state index is 12.3. The molecule has 32 heavy (non-hydrogen) atoms. The van der Waals surface area contributed by atoms with Crippen LogP contribution >= 0.6 is 0 Å². The molecule has 0 saturated carbocycles. The maximum Gasteiger partial charge on any atom is 0.410 e. The van der Waals surface area contributed by atoms with E-state index in [0.717, 1.165) is 45.4 Å². The van der Waals surface area contributed by atoms with Gasteiger partial charge in [0.05, 0.1) is 17.4 Å². The van der Waals surface area contributed by atoms with E-state index in [1.807, 2.05) is 45.2 Å². The molecule has 5 rings (SSSR count). The number of carbonyl (C=O) groups is 1. The first-order valence-electron chi connectivity index (χ1n) is 10.7. The van der Waals surface area contributed by atoms with Crippen molar-refractivity contribution in [3.05, 3.63) is 54.5 Å². The predicted octanol–water partition coefficient (Wildman–Crippen LogP) is 5.21. The Labute approximate surface area is 185 Å². The van der Waals surface area contributed by atoms with Crippen molar-refractivity contribution in [1.29, 1.82) is 0 Å². The van der Waals surface area contributed by atoms with Crippen molar-refractivity contribution in [3.63, 3.8) is 0 Å². The second-order valence-corrected chi connectivity index (χ2v) is 9.01. The Kier molecular flexibility index (Phi) is 4.84. The smallest absolute Gasteiger partial charge is 0.410 e. The lowest BCUT2D eigenvalue weighted by Crippen LogP contribution is -2.39. The van der Waals surface area contributed by atoms with E-state index in [0.29, 0.717) is 13.1 Å². The molecule has 0 aliphatic carbocycles. The van der Waals surface area contributed by atoms with Crippen LogP contribution in [0, 0.1) is 0 Å². The van der Waals surface area contributed by atoms with E-state index >= 15 is 0 Å².